The molecule has 0 bridgehead atoms. The van der Waals surface area contributed by atoms with E-state index in [4.69, 9.17) is 18.9 Å². The Hall–Kier alpha value is -6.00. The van der Waals surface area contributed by atoms with Crippen LogP contribution in [0.15, 0.2) is 97.1 Å². The van der Waals surface area contributed by atoms with E-state index in [9.17, 15) is 36.7 Å². The van der Waals surface area contributed by atoms with Crippen LogP contribution in [0.2, 0.25) is 0 Å². The lowest BCUT2D eigenvalue weighted by atomic mass is 9.71. The predicted molar refractivity (Wildman–Crippen MR) is 260 cm³/mol. The summed E-state index contributed by atoms with van der Waals surface area (Å²) in [4.78, 5) is 62.8. The first-order valence-electron chi connectivity index (χ1n) is 25.5. The number of likely N-dealkylation sites (tertiary alicyclic amines) is 2. The smallest absolute Gasteiger partial charge is 0.418 e. The minimum atomic E-state index is -1.75. The van der Waals surface area contributed by atoms with Gasteiger partial charge in [0.25, 0.3) is 0 Å². The maximum atomic E-state index is 15.0. The second kappa shape index (κ2) is 23.7. The first-order valence-corrected chi connectivity index (χ1v) is 25.5. The van der Waals surface area contributed by atoms with Crippen LogP contribution in [0.5, 0.6) is 0 Å². The van der Waals surface area contributed by atoms with Crippen LogP contribution < -0.4 is 0 Å². The number of nitrogens with zero attached hydrogens (tertiary/aromatic N) is 4. The molecule has 0 aromatic heterocycles. The van der Waals surface area contributed by atoms with Gasteiger partial charge in [0.1, 0.15) is 35.5 Å². The molecule has 4 aromatic carbocycles. The Bertz CT molecular complexity index is 2180. The minimum absolute atomic E-state index is 0.238. The molecule has 2 unspecified atom stereocenters. The Morgan fingerprint density at radius 3 is 1.06 bits per heavy atom. The van der Waals surface area contributed by atoms with Gasteiger partial charge in [-0.1, -0.05) is 48.5 Å². The van der Waals surface area contributed by atoms with Crippen molar-refractivity contribution in [2.24, 2.45) is 11.8 Å². The molecule has 4 saturated heterocycles. The van der Waals surface area contributed by atoms with Crippen LogP contribution in [0.25, 0.3) is 0 Å². The molecule has 72 heavy (non-hydrogen) atoms. The van der Waals surface area contributed by atoms with Crippen molar-refractivity contribution in [2.45, 2.75) is 100 Å². The van der Waals surface area contributed by atoms with Crippen molar-refractivity contribution in [2.75, 3.05) is 66.5 Å². The highest BCUT2D eigenvalue weighted by molar-refractivity contribution is 6.30. The maximum absolute atomic E-state index is 15.0. The van der Waals surface area contributed by atoms with Crippen LogP contribution in [0, 0.1) is 35.1 Å². The van der Waals surface area contributed by atoms with Gasteiger partial charge in [0.15, 0.2) is 11.2 Å². The molecule has 386 valence electrons. The van der Waals surface area contributed by atoms with Gasteiger partial charge in [0, 0.05) is 74.4 Å². The van der Waals surface area contributed by atoms with Gasteiger partial charge in [0.2, 0.25) is 0 Å². The first-order chi connectivity index (χ1) is 34.7. The molecular formula is C56H66F4N4O8. The number of benzene rings is 4. The SMILES string of the molecule is CN1CCCCC(CCN2CCC(C(OC(=O)C(=O)OC(c3ccc(F)cc3)(c3ccc(F)cc3)C3CCN(CCC4CCCCN(C)C(=O)O4)CC3)(c3ccc(F)cc3)c3ccc(F)cc3)CC2)OC1=O. The molecule has 0 saturated carbocycles. The van der Waals surface area contributed by atoms with E-state index in [-0.39, 0.29) is 24.4 Å². The quantitative estimate of drug-likeness (QED) is 0.0523. The molecule has 16 heteroatoms. The molecule has 4 fully saturated rings. The molecule has 0 aliphatic carbocycles. The summed E-state index contributed by atoms with van der Waals surface area (Å²) in [5, 5.41) is 0. The number of cyclic esters (lactones) is 2. The van der Waals surface area contributed by atoms with Crippen molar-refractivity contribution in [1.82, 2.24) is 19.6 Å². The molecule has 2 atom stereocenters. The maximum Gasteiger partial charge on any atom is 0.418 e. The topological polar surface area (TPSA) is 118 Å². The molecular weight excluding hydrogens is 933 g/mol. The molecule has 4 heterocycles. The number of amides is 2. The van der Waals surface area contributed by atoms with E-state index in [0.717, 1.165) is 38.5 Å². The third-order valence-corrected chi connectivity index (χ3v) is 15.3. The fourth-order valence-electron chi connectivity index (χ4n) is 11.2. The largest absolute Gasteiger partial charge is 0.446 e. The van der Waals surface area contributed by atoms with Crippen molar-refractivity contribution >= 4 is 24.1 Å². The Labute approximate surface area is 419 Å². The highest BCUT2D eigenvalue weighted by Crippen LogP contribution is 2.48. The molecule has 8 rings (SSSR count). The molecule has 4 aliphatic heterocycles. The van der Waals surface area contributed by atoms with Crippen molar-refractivity contribution in [3.8, 4) is 0 Å². The van der Waals surface area contributed by atoms with Crippen LogP contribution in [0.4, 0.5) is 27.2 Å². The molecule has 0 radical (unpaired) electrons. The number of hydrogen-bond donors (Lipinski definition) is 0. The second-order valence-electron chi connectivity index (χ2n) is 19.9. The highest BCUT2D eigenvalue weighted by atomic mass is 19.1. The van der Waals surface area contributed by atoms with E-state index < -0.39 is 58.2 Å². The summed E-state index contributed by atoms with van der Waals surface area (Å²) in [6.45, 7) is 4.74. The monoisotopic (exact) mass is 998 g/mol. The lowest BCUT2D eigenvalue weighted by molar-refractivity contribution is -0.191. The molecule has 2 amide bonds. The zero-order chi connectivity index (χ0) is 50.8. The highest BCUT2D eigenvalue weighted by Gasteiger charge is 2.52. The van der Waals surface area contributed by atoms with Crippen LogP contribution in [0.3, 0.4) is 0 Å². The van der Waals surface area contributed by atoms with Gasteiger partial charge in [-0.2, -0.15) is 0 Å². The summed E-state index contributed by atoms with van der Waals surface area (Å²) in [7, 11) is 3.47. The van der Waals surface area contributed by atoms with Gasteiger partial charge >= 0.3 is 24.1 Å². The van der Waals surface area contributed by atoms with E-state index in [0.29, 0.717) is 113 Å². The van der Waals surface area contributed by atoms with E-state index in [2.05, 4.69) is 9.80 Å². The number of carbonyl (C=O) groups is 4. The zero-order valence-electron chi connectivity index (χ0n) is 41.3. The average Bonchev–Trinajstić information content (AvgIpc) is 3.38. The van der Waals surface area contributed by atoms with Crippen LogP contribution in [0.1, 0.15) is 99.3 Å². The number of hydrogen-bond acceptors (Lipinski definition) is 10. The van der Waals surface area contributed by atoms with Gasteiger partial charge in [-0.15, -0.1) is 0 Å². The summed E-state index contributed by atoms with van der Waals surface area (Å²) in [5.41, 5.74) is -2.06. The molecule has 4 aliphatic rings. The third-order valence-electron chi connectivity index (χ3n) is 15.3. The summed E-state index contributed by atoms with van der Waals surface area (Å²) < 4.78 is 83.8. The van der Waals surface area contributed by atoms with Crippen molar-refractivity contribution in [3.05, 3.63) is 143 Å². The molecule has 0 N–H and O–H groups in total. The average molecular weight is 999 g/mol. The van der Waals surface area contributed by atoms with Gasteiger partial charge < -0.3 is 38.5 Å². The fraction of sp³-hybridized carbons (Fsp3) is 0.500. The fourth-order valence-corrected chi connectivity index (χ4v) is 11.2. The Balaban J connectivity index is 1.08. The molecule has 4 aromatic rings. The summed E-state index contributed by atoms with van der Waals surface area (Å²) in [5.74, 6) is -5.93. The molecule has 12 nitrogen and oxygen atoms in total. The summed E-state index contributed by atoms with van der Waals surface area (Å²) in [6, 6.07) is 21.9. The standard InChI is InChI=1S/C56H66F4N4O8/c1-61-31-5-3-7-49(69-53(61)67)29-37-63-33-25-43(26-34-63)55(39-9-17-45(57)18-10-39,40-11-19-46(58)20-12-40)71-51(65)52(66)72-56(41-13-21-47(59)22-14-41,42-15-23-48(60)24-16-42)44-27-35-64(36-28-44)38-30-50-8-4-6-32-62(2)54(68)70-50/h9-24,43-44,49-50H,3-8,25-38H2,1-2H3. The second-order valence-corrected chi connectivity index (χ2v) is 19.9. The van der Waals surface area contributed by atoms with Crippen molar-refractivity contribution < 1.29 is 55.7 Å². The van der Waals surface area contributed by atoms with Crippen molar-refractivity contribution in [1.29, 1.82) is 0 Å². The van der Waals surface area contributed by atoms with E-state index in [1.54, 1.807) is 23.9 Å². The van der Waals surface area contributed by atoms with Gasteiger partial charge in [-0.3, -0.25) is 0 Å². The Kier molecular flexibility index (Phi) is 17.2. The third kappa shape index (κ3) is 12.2. The Morgan fingerprint density at radius 2 is 0.764 bits per heavy atom. The van der Waals surface area contributed by atoms with Gasteiger partial charge in [-0.25, -0.2) is 36.7 Å². The van der Waals surface area contributed by atoms with Gasteiger partial charge in [-0.05, 0) is 152 Å². The summed E-state index contributed by atoms with van der Waals surface area (Å²) >= 11 is 0. The van der Waals surface area contributed by atoms with Gasteiger partial charge in [0.05, 0.1) is 0 Å². The predicted octanol–water partition coefficient (Wildman–Crippen LogP) is 9.96. The lowest BCUT2D eigenvalue weighted by Gasteiger charge is -2.46. The lowest BCUT2D eigenvalue weighted by Crippen LogP contribution is -2.50. The number of piperidine rings is 2. The van der Waals surface area contributed by atoms with E-state index in [1.165, 1.54) is 97.1 Å². The van der Waals surface area contributed by atoms with E-state index >= 15 is 0 Å². The number of rotatable bonds is 14. The number of ether oxygens (including phenoxy) is 4. The van der Waals surface area contributed by atoms with Crippen LogP contribution >= 0.6 is 0 Å². The molecule has 0 spiro atoms. The normalized spacial score (nSPS) is 20.6. The summed E-state index contributed by atoms with van der Waals surface area (Å²) in [6.07, 6.45) is 7.07. The van der Waals surface area contributed by atoms with Crippen LogP contribution in [-0.4, -0.2) is 122 Å². The minimum Gasteiger partial charge on any atom is -0.446 e. The van der Waals surface area contributed by atoms with Crippen LogP contribution in [-0.2, 0) is 39.7 Å². The number of halogens is 4. The number of esters is 2. The first kappa shape index (κ1) is 52.3. The number of carbonyl (C=O) groups excluding carboxylic acids is 4. The Morgan fingerprint density at radius 1 is 0.472 bits per heavy atom. The zero-order valence-corrected chi connectivity index (χ0v) is 41.3. The van der Waals surface area contributed by atoms with Crippen molar-refractivity contribution in [3.63, 3.8) is 0 Å². The van der Waals surface area contributed by atoms with E-state index in [1.807, 2.05) is 0 Å².